The summed E-state index contributed by atoms with van der Waals surface area (Å²) in [5.41, 5.74) is 2.11. The number of aliphatic hydroxyl groups excluding tert-OH is 1. The van der Waals surface area contributed by atoms with E-state index < -0.39 is 6.10 Å². The van der Waals surface area contributed by atoms with Gasteiger partial charge in [0.25, 0.3) is 0 Å². The Morgan fingerprint density at radius 2 is 1.95 bits per heavy atom. The summed E-state index contributed by atoms with van der Waals surface area (Å²) in [6.07, 6.45) is -0.598. The summed E-state index contributed by atoms with van der Waals surface area (Å²) in [5, 5.41) is 13.8. The van der Waals surface area contributed by atoms with Gasteiger partial charge in [-0.25, -0.2) is 0 Å². The van der Waals surface area contributed by atoms with E-state index >= 15 is 0 Å². The van der Waals surface area contributed by atoms with E-state index in [0.717, 1.165) is 15.7 Å². The average Bonchev–Trinajstić information content (AvgIpc) is 2.48. The Kier molecular flexibility index (Phi) is 5.91. The van der Waals surface area contributed by atoms with E-state index in [4.69, 9.17) is 16.3 Å². The lowest BCUT2D eigenvalue weighted by atomic mass is 10.2. The van der Waals surface area contributed by atoms with Crippen LogP contribution < -0.4 is 10.1 Å². The molecule has 1 atom stereocenters. The predicted octanol–water partition coefficient (Wildman–Crippen LogP) is 4.26. The van der Waals surface area contributed by atoms with Crippen LogP contribution in [0.3, 0.4) is 0 Å². The molecule has 5 heteroatoms. The van der Waals surface area contributed by atoms with Crippen LogP contribution in [0.2, 0.25) is 5.02 Å². The molecule has 2 rings (SSSR count). The molecule has 0 saturated carbocycles. The van der Waals surface area contributed by atoms with Crippen LogP contribution in [-0.2, 0) is 0 Å². The highest BCUT2D eigenvalue weighted by Gasteiger charge is 2.07. The Bertz CT molecular complexity index is 589. The molecule has 1 unspecified atom stereocenters. The van der Waals surface area contributed by atoms with Crippen molar-refractivity contribution < 1.29 is 9.84 Å². The van der Waals surface area contributed by atoms with E-state index in [1.807, 2.05) is 25.1 Å². The van der Waals surface area contributed by atoms with Crippen LogP contribution >= 0.6 is 27.5 Å². The molecule has 112 valence electrons. The number of ether oxygens (including phenoxy) is 1. The summed E-state index contributed by atoms with van der Waals surface area (Å²) in [4.78, 5) is 0. The second-order valence-corrected chi connectivity index (χ2v) is 6.00. The molecule has 0 aliphatic carbocycles. The van der Waals surface area contributed by atoms with Gasteiger partial charge >= 0.3 is 0 Å². The van der Waals surface area contributed by atoms with Gasteiger partial charge in [-0.15, -0.1) is 0 Å². The Balaban J connectivity index is 1.80. The first kappa shape index (κ1) is 16.1. The molecule has 0 saturated heterocycles. The van der Waals surface area contributed by atoms with Crippen molar-refractivity contribution in [3.63, 3.8) is 0 Å². The van der Waals surface area contributed by atoms with Crippen molar-refractivity contribution in [2.45, 2.75) is 13.0 Å². The van der Waals surface area contributed by atoms with Crippen LogP contribution in [-0.4, -0.2) is 24.4 Å². The molecule has 0 amide bonds. The first-order valence-corrected chi connectivity index (χ1v) is 7.79. The van der Waals surface area contributed by atoms with Crippen LogP contribution in [0.4, 0.5) is 5.69 Å². The second kappa shape index (κ2) is 7.69. The zero-order valence-electron chi connectivity index (χ0n) is 11.6. The molecule has 0 aliphatic rings. The van der Waals surface area contributed by atoms with Gasteiger partial charge in [0.05, 0.1) is 0 Å². The van der Waals surface area contributed by atoms with Crippen LogP contribution in [0, 0.1) is 6.92 Å². The Hall–Kier alpha value is -1.23. The first-order chi connectivity index (χ1) is 10.1. The highest BCUT2D eigenvalue weighted by molar-refractivity contribution is 9.10. The summed E-state index contributed by atoms with van der Waals surface area (Å²) >= 11 is 9.28. The summed E-state index contributed by atoms with van der Waals surface area (Å²) < 4.78 is 6.55. The SMILES string of the molecule is Cc1c(Br)cccc1NCC(O)COc1ccc(Cl)cc1. The summed E-state index contributed by atoms with van der Waals surface area (Å²) in [7, 11) is 0. The van der Waals surface area contributed by atoms with Gasteiger partial charge in [-0.2, -0.15) is 0 Å². The molecule has 2 aromatic rings. The molecule has 2 aromatic carbocycles. The molecule has 3 nitrogen and oxygen atoms in total. The number of nitrogens with one attached hydrogen (secondary N) is 1. The topological polar surface area (TPSA) is 41.5 Å². The maximum absolute atomic E-state index is 9.96. The lowest BCUT2D eigenvalue weighted by Crippen LogP contribution is -2.26. The van der Waals surface area contributed by atoms with Crippen molar-refractivity contribution >= 4 is 33.2 Å². The number of benzene rings is 2. The van der Waals surface area contributed by atoms with Crippen molar-refractivity contribution in [1.82, 2.24) is 0 Å². The third kappa shape index (κ3) is 4.92. The van der Waals surface area contributed by atoms with Crippen LogP contribution in [0.25, 0.3) is 0 Å². The maximum atomic E-state index is 9.96. The van der Waals surface area contributed by atoms with E-state index in [1.54, 1.807) is 24.3 Å². The molecule has 0 radical (unpaired) electrons. The average molecular weight is 371 g/mol. The number of hydrogen-bond donors (Lipinski definition) is 2. The minimum absolute atomic E-state index is 0.224. The molecule has 0 bridgehead atoms. The van der Waals surface area contributed by atoms with Crippen molar-refractivity contribution in [2.75, 3.05) is 18.5 Å². The third-order valence-electron chi connectivity index (χ3n) is 3.05. The van der Waals surface area contributed by atoms with E-state index in [9.17, 15) is 5.11 Å². The molecular weight excluding hydrogens is 354 g/mol. The molecule has 0 aliphatic heterocycles. The van der Waals surface area contributed by atoms with Gasteiger partial charge in [0.2, 0.25) is 0 Å². The predicted molar refractivity (Wildman–Crippen MR) is 90.3 cm³/mol. The van der Waals surface area contributed by atoms with Gasteiger partial charge in [0, 0.05) is 21.7 Å². The highest BCUT2D eigenvalue weighted by atomic mass is 79.9. The number of hydrogen-bond acceptors (Lipinski definition) is 3. The summed E-state index contributed by atoms with van der Waals surface area (Å²) in [6, 6.07) is 13.0. The van der Waals surface area contributed by atoms with Gasteiger partial charge < -0.3 is 15.2 Å². The molecule has 21 heavy (non-hydrogen) atoms. The zero-order valence-corrected chi connectivity index (χ0v) is 14.0. The largest absolute Gasteiger partial charge is 0.491 e. The molecule has 0 spiro atoms. The van der Waals surface area contributed by atoms with Crippen molar-refractivity contribution in [2.24, 2.45) is 0 Å². The third-order valence-corrected chi connectivity index (χ3v) is 4.16. The smallest absolute Gasteiger partial charge is 0.119 e. The highest BCUT2D eigenvalue weighted by Crippen LogP contribution is 2.23. The fraction of sp³-hybridized carbons (Fsp3) is 0.250. The quantitative estimate of drug-likeness (QED) is 0.798. The van der Waals surface area contributed by atoms with Crippen molar-refractivity contribution in [1.29, 1.82) is 0 Å². The minimum atomic E-state index is -0.598. The lowest BCUT2D eigenvalue weighted by Gasteiger charge is -2.15. The number of aliphatic hydroxyl groups is 1. The molecular formula is C16H17BrClNO2. The summed E-state index contributed by atoms with van der Waals surface area (Å²) in [6.45, 7) is 2.66. The van der Waals surface area contributed by atoms with Crippen molar-refractivity contribution in [3.05, 3.63) is 57.5 Å². The Morgan fingerprint density at radius 1 is 1.24 bits per heavy atom. The first-order valence-electron chi connectivity index (χ1n) is 6.61. The number of rotatable bonds is 6. The second-order valence-electron chi connectivity index (χ2n) is 4.71. The normalized spacial score (nSPS) is 12.0. The van der Waals surface area contributed by atoms with Gasteiger partial charge in [0.15, 0.2) is 0 Å². The van der Waals surface area contributed by atoms with Gasteiger partial charge in [-0.3, -0.25) is 0 Å². The van der Waals surface area contributed by atoms with Crippen molar-refractivity contribution in [3.8, 4) is 5.75 Å². The van der Waals surface area contributed by atoms with Gasteiger partial charge in [-0.05, 0) is 48.9 Å². The zero-order chi connectivity index (χ0) is 15.2. The molecule has 0 fully saturated rings. The fourth-order valence-corrected chi connectivity index (χ4v) is 2.30. The van der Waals surface area contributed by atoms with E-state index in [-0.39, 0.29) is 6.61 Å². The fourth-order valence-electron chi connectivity index (χ4n) is 1.81. The van der Waals surface area contributed by atoms with Crippen LogP contribution in [0.15, 0.2) is 46.9 Å². The standard InChI is InChI=1S/C16H17BrClNO2/c1-11-15(17)3-2-4-16(11)19-9-13(20)10-21-14-7-5-12(18)6-8-14/h2-8,13,19-20H,9-10H2,1H3. The van der Waals surface area contributed by atoms with E-state index in [2.05, 4.69) is 21.2 Å². The molecule has 0 aromatic heterocycles. The molecule has 0 heterocycles. The van der Waals surface area contributed by atoms with Crippen LogP contribution in [0.5, 0.6) is 5.75 Å². The Labute approximate surface area is 138 Å². The van der Waals surface area contributed by atoms with Gasteiger partial charge in [0.1, 0.15) is 18.5 Å². The van der Waals surface area contributed by atoms with Crippen LogP contribution in [0.1, 0.15) is 5.56 Å². The number of anilines is 1. The van der Waals surface area contributed by atoms with E-state index in [0.29, 0.717) is 17.3 Å². The number of halogens is 2. The monoisotopic (exact) mass is 369 g/mol. The summed E-state index contributed by atoms with van der Waals surface area (Å²) in [5.74, 6) is 0.692. The lowest BCUT2D eigenvalue weighted by molar-refractivity contribution is 0.117. The molecule has 2 N–H and O–H groups in total. The minimum Gasteiger partial charge on any atom is -0.491 e. The van der Waals surface area contributed by atoms with Gasteiger partial charge in [-0.1, -0.05) is 33.6 Å². The maximum Gasteiger partial charge on any atom is 0.119 e. The Morgan fingerprint density at radius 3 is 2.67 bits per heavy atom. The van der Waals surface area contributed by atoms with E-state index in [1.165, 1.54) is 0 Å².